The van der Waals surface area contributed by atoms with E-state index in [0.29, 0.717) is 17.4 Å². The molecular formula is C13H17NO2S. The Morgan fingerprint density at radius 2 is 1.94 bits per heavy atom. The molecule has 0 spiro atoms. The van der Waals surface area contributed by atoms with Crippen LogP contribution in [0.15, 0.2) is 23.1 Å². The van der Waals surface area contributed by atoms with Gasteiger partial charge in [-0.25, -0.2) is 13.1 Å². The minimum Gasteiger partial charge on any atom is -0.211 e. The highest BCUT2D eigenvalue weighted by atomic mass is 32.2. The lowest BCUT2D eigenvalue weighted by molar-refractivity contribution is 0.577. The molecule has 1 aromatic carbocycles. The lowest BCUT2D eigenvalue weighted by Gasteiger charge is -2.07. The van der Waals surface area contributed by atoms with Crippen LogP contribution in [0.5, 0.6) is 0 Å². The fourth-order valence-electron chi connectivity index (χ4n) is 2.35. The molecule has 3 rings (SSSR count). The molecule has 92 valence electrons. The Balaban J connectivity index is 1.82. The quantitative estimate of drug-likeness (QED) is 0.888. The van der Waals surface area contributed by atoms with Gasteiger partial charge in [-0.3, -0.25) is 0 Å². The van der Waals surface area contributed by atoms with Gasteiger partial charge in [-0.05, 0) is 61.3 Å². The topological polar surface area (TPSA) is 46.2 Å². The van der Waals surface area contributed by atoms with Crippen LogP contribution < -0.4 is 4.72 Å². The van der Waals surface area contributed by atoms with E-state index in [2.05, 4.69) is 4.72 Å². The van der Waals surface area contributed by atoms with E-state index in [9.17, 15) is 8.42 Å². The van der Waals surface area contributed by atoms with Crippen LogP contribution in [0.2, 0.25) is 0 Å². The van der Waals surface area contributed by atoms with Gasteiger partial charge in [0.1, 0.15) is 0 Å². The molecule has 0 aromatic heterocycles. The van der Waals surface area contributed by atoms with Crippen LogP contribution in [0, 0.1) is 5.92 Å². The van der Waals surface area contributed by atoms with Gasteiger partial charge in [0.15, 0.2) is 0 Å². The molecule has 0 saturated heterocycles. The summed E-state index contributed by atoms with van der Waals surface area (Å²) in [7, 11) is -3.29. The van der Waals surface area contributed by atoms with E-state index in [4.69, 9.17) is 0 Å². The normalized spacial score (nSPS) is 19.3. The van der Waals surface area contributed by atoms with Gasteiger partial charge in [0.05, 0.1) is 4.90 Å². The zero-order valence-corrected chi connectivity index (χ0v) is 10.6. The molecular weight excluding hydrogens is 234 g/mol. The van der Waals surface area contributed by atoms with E-state index in [0.717, 1.165) is 32.1 Å². The Hall–Kier alpha value is -0.870. The lowest BCUT2D eigenvalue weighted by atomic mass is 10.1. The Kier molecular flexibility index (Phi) is 2.71. The first-order valence-corrected chi connectivity index (χ1v) is 7.75. The van der Waals surface area contributed by atoms with Gasteiger partial charge < -0.3 is 0 Å². The highest BCUT2D eigenvalue weighted by Crippen LogP contribution is 2.29. The summed E-state index contributed by atoms with van der Waals surface area (Å²) >= 11 is 0. The van der Waals surface area contributed by atoms with Crippen LogP contribution in [-0.4, -0.2) is 15.0 Å². The van der Waals surface area contributed by atoms with Crippen molar-refractivity contribution in [1.29, 1.82) is 0 Å². The number of rotatable bonds is 4. The monoisotopic (exact) mass is 251 g/mol. The molecule has 0 atom stereocenters. The number of sulfonamides is 1. The average Bonchev–Trinajstić information content (AvgIpc) is 3.02. The molecule has 4 heteroatoms. The minimum absolute atomic E-state index is 0.429. The van der Waals surface area contributed by atoms with Gasteiger partial charge in [0.25, 0.3) is 0 Å². The molecule has 2 aliphatic carbocycles. The Morgan fingerprint density at radius 1 is 1.18 bits per heavy atom. The SMILES string of the molecule is O=S(=O)(NCC1CC1)c1ccc2c(c1)CCC2. The maximum atomic E-state index is 12.1. The molecule has 0 radical (unpaired) electrons. The van der Waals surface area contributed by atoms with Crippen molar-refractivity contribution in [2.45, 2.75) is 37.0 Å². The number of hydrogen-bond acceptors (Lipinski definition) is 2. The van der Waals surface area contributed by atoms with Crippen molar-refractivity contribution in [2.24, 2.45) is 5.92 Å². The van der Waals surface area contributed by atoms with Crippen LogP contribution in [0.4, 0.5) is 0 Å². The summed E-state index contributed by atoms with van der Waals surface area (Å²) in [4.78, 5) is 0.429. The maximum absolute atomic E-state index is 12.1. The zero-order valence-electron chi connectivity index (χ0n) is 9.78. The third kappa shape index (κ3) is 2.38. The largest absolute Gasteiger partial charge is 0.240 e. The van der Waals surface area contributed by atoms with Gasteiger partial charge in [-0.15, -0.1) is 0 Å². The van der Waals surface area contributed by atoms with E-state index in [1.807, 2.05) is 12.1 Å². The Labute approximate surface area is 102 Å². The predicted molar refractivity (Wildman–Crippen MR) is 66.4 cm³/mol. The van der Waals surface area contributed by atoms with Gasteiger partial charge in [0, 0.05) is 6.54 Å². The van der Waals surface area contributed by atoms with Crippen LogP contribution in [0.25, 0.3) is 0 Å². The summed E-state index contributed by atoms with van der Waals surface area (Å²) in [5.74, 6) is 0.569. The second kappa shape index (κ2) is 4.10. The molecule has 0 bridgehead atoms. The fraction of sp³-hybridized carbons (Fsp3) is 0.538. The zero-order chi connectivity index (χ0) is 11.9. The van der Waals surface area contributed by atoms with E-state index in [1.54, 1.807) is 6.07 Å². The summed E-state index contributed by atoms with van der Waals surface area (Å²) < 4.78 is 26.8. The molecule has 1 fully saturated rings. The third-order valence-corrected chi connectivity index (χ3v) is 5.06. The summed E-state index contributed by atoms with van der Waals surface area (Å²) in [6, 6.07) is 5.55. The predicted octanol–water partition coefficient (Wildman–Crippen LogP) is 1.86. The van der Waals surface area contributed by atoms with E-state index in [1.165, 1.54) is 11.1 Å². The van der Waals surface area contributed by atoms with E-state index < -0.39 is 10.0 Å². The molecule has 1 aromatic rings. The molecule has 2 aliphatic rings. The first kappa shape index (κ1) is 11.2. The first-order chi connectivity index (χ1) is 8.15. The average molecular weight is 251 g/mol. The van der Waals surface area contributed by atoms with Gasteiger partial charge in [0.2, 0.25) is 10.0 Å². The van der Waals surface area contributed by atoms with Crippen LogP contribution in [-0.2, 0) is 22.9 Å². The second-order valence-corrected chi connectivity index (χ2v) is 6.85. The first-order valence-electron chi connectivity index (χ1n) is 6.27. The molecule has 0 unspecified atom stereocenters. The van der Waals surface area contributed by atoms with Crippen molar-refractivity contribution in [3.05, 3.63) is 29.3 Å². The molecule has 3 nitrogen and oxygen atoms in total. The van der Waals surface area contributed by atoms with Crippen molar-refractivity contribution in [2.75, 3.05) is 6.54 Å². The van der Waals surface area contributed by atoms with Gasteiger partial charge in [-0.2, -0.15) is 0 Å². The number of hydrogen-bond donors (Lipinski definition) is 1. The van der Waals surface area contributed by atoms with Crippen molar-refractivity contribution in [1.82, 2.24) is 4.72 Å². The summed E-state index contributed by atoms with van der Waals surface area (Å²) in [6.45, 7) is 0.597. The van der Waals surface area contributed by atoms with Crippen LogP contribution in [0.3, 0.4) is 0 Å². The van der Waals surface area contributed by atoms with Crippen LogP contribution >= 0.6 is 0 Å². The van der Waals surface area contributed by atoms with E-state index >= 15 is 0 Å². The molecule has 0 heterocycles. The standard InChI is InChI=1S/C13H17NO2S/c15-17(16,14-9-10-4-5-10)13-7-6-11-2-1-3-12(11)8-13/h6-8,10,14H,1-5,9H2. The maximum Gasteiger partial charge on any atom is 0.240 e. The van der Waals surface area contributed by atoms with Crippen molar-refractivity contribution >= 4 is 10.0 Å². The van der Waals surface area contributed by atoms with Crippen molar-refractivity contribution in [3.63, 3.8) is 0 Å². The van der Waals surface area contributed by atoms with E-state index in [-0.39, 0.29) is 0 Å². The fourth-order valence-corrected chi connectivity index (χ4v) is 3.51. The molecule has 1 N–H and O–H groups in total. The Morgan fingerprint density at radius 3 is 2.71 bits per heavy atom. The summed E-state index contributed by atoms with van der Waals surface area (Å²) in [5.41, 5.74) is 2.52. The third-order valence-electron chi connectivity index (χ3n) is 3.64. The molecule has 0 aliphatic heterocycles. The minimum atomic E-state index is -3.29. The van der Waals surface area contributed by atoms with Crippen molar-refractivity contribution < 1.29 is 8.42 Å². The van der Waals surface area contributed by atoms with Crippen LogP contribution in [0.1, 0.15) is 30.4 Å². The highest BCUT2D eigenvalue weighted by molar-refractivity contribution is 7.89. The number of aryl methyl sites for hydroxylation is 2. The summed E-state index contributed by atoms with van der Waals surface area (Å²) in [5, 5.41) is 0. The Bertz CT molecular complexity index is 532. The molecule has 0 amide bonds. The van der Waals surface area contributed by atoms with Crippen molar-refractivity contribution in [3.8, 4) is 0 Å². The lowest BCUT2D eigenvalue weighted by Crippen LogP contribution is -2.25. The molecule has 1 saturated carbocycles. The molecule has 17 heavy (non-hydrogen) atoms. The number of fused-ring (bicyclic) bond motifs is 1. The van der Waals surface area contributed by atoms with Gasteiger partial charge >= 0.3 is 0 Å². The number of nitrogens with one attached hydrogen (secondary N) is 1. The number of benzene rings is 1. The van der Waals surface area contributed by atoms with Gasteiger partial charge in [-0.1, -0.05) is 6.07 Å². The highest BCUT2D eigenvalue weighted by Gasteiger charge is 2.24. The second-order valence-electron chi connectivity index (χ2n) is 5.08. The smallest absolute Gasteiger partial charge is 0.211 e. The summed E-state index contributed by atoms with van der Waals surface area (Å²) in [6.07, 6.45) is 5.57.